The van der Waals surface area contributed by atoms with E-state index in [0.717, 1.165) is 6.42 Å². The molecule has 0 radical (unpaired) electrons. The Balaban J connectivity index is 2.54. The van der Waals surface area contributed by atoms with Crippen LogP contribution in [0, 0.1) is 12.3 Å². The second-order valence-corrected chi connectivity index (χ2v) is 8.10. The third-order valence-corrected chi connectivity index (χ3v) is 6.12. The van der Waals surface area contributed by atoms with Crippen molar-refractivity contribution in [2.24, 2.45) is 0 Å². The first-order valence-corrected chi connectivity index (χ1v) is 8.14. The summed E-state index contributed by atoms with van der Waals surface area (Å²) >= 11 is 0. The molecule has 0 aliphatic carbocycles. The van der Waals surface area contributed by atoms with Crippen molar-refractivity contribution in [3.05, 3.63) is 0 Å². The van der Waals surface area contributed by atoms with E-state index in [1.807, 2.05) is 0 Å². The molecule has 1 fully saturated rings. The average molecular weight is 286 g/mol. The monoisotopic (exact) mass is 286 g/mol. The van der Waals surface area contributed by atoms with E-state index >= 15 is 0 Å². The number of sulfone groups is 1. The van der Waals surface area contributed by atoms with Crippen molar-refractivity contribution in [2.75, 3.05) is 25.4 Å². The van der Waals surface area contributed by atoms with Gasteiger partial charge in [-0.25, -0.2) is 13.2 Å². The van der Waals surface area contributed by atoms with Crippen molar-refractivity contribution in [3.8, 4) is 12.3 Å². The van der Waals surface area contributed by atoms with Crippen LogP contribution < -0.4 is 5.32 Å². The Bertz CT molecular complexity index is 463. The smallest absolute Gasteiger partial charge is 0.317 e. The summed E-state index contributed by atoms with van der Waals surface area (Å²) in [7, 11) is -3.14. The maximum atomic E-state index is 12.0. The molecule has 0 aromatic rings. The number of hydrogen-bond donors (Lipinski definition) is 1. The van der Waals surface area contributed by atoms with Crippen molar-refractivity contribution in [2.45, 2.75) is 37.9 Å². The standard InChI is InChI=1S/C13H22N2O3S/c1-4-5-6-8-14-12(16)15-9-7-13(2,3)19(17,18)11-10-15/h1H,5-11H2,2-3H3,(H,14,16). The molecule has 2 amide bonds. The minimum atomic E-state index is -3.14. The number of amides is 2. The Morgan fingerprint density at radius 1 is 1.42 bits per heavy atom. The number of terminal acetylenes is 1. The van der Waals surface area contributed by atoms with Crippen LogP contribution in [0.4, 0.5) is 4.79 Å². The molecule has 1 aliphatic rings. The molecule has 0 spiro atoms. The molecule has 19 heavy (non-hydrogen) atoms. The van der Waals surface area contributed by atoms with Crippen LogP contribution in [-0.2, 0) is 9.84 Å². The molecule has 5 nitrogen and oxygen atoms in total. The molecule has 6 heteroatoms. The molecule has 1 saturated heterocycles. The molecule has 1 N–H and O–H groups in total. The van der Waals surface area contributed by atoms with Gasteiger partial charge < -0.3 is 10.2 Å². The number of rotatable bonds is 3. The average Bonchev–Trinajstić information content (AvgIpc) is 2.43. The van der Waals surface area contributed by atoms with Gasteiger partial charge in [0.1, 0.15) is 0 Å². The molecule has 0 aromatic carbocycles. The van der Waals surface area contributed by atoms with E-state index in [1.165, 1.54) is 0 Å². The van der Waals surface area contributed by atoms with Crippen LogP contribution in [0.25, 0.3) is 0 Å². The van der Waals surface area contributed by atoms with E-state index < -0.39 is 14.6 Å². The van der Waals surface area contributed by atoms with Gasteiger partial charge in [0.25, 0.3) is 0 Å². The van der Waals surface area contributed by atoms with Crippen LogP contribution in [0.15, 0.2) is 0 Å². The molecule has 1 heterocycles. The first kappa shape index (κ1) is 15.8. The number of nitrogens with one attached hydrogen (secondary N) is 1. The first-order valence-electron chi connectivity index (χ1n) is 6.49. The number of hydrogen-bond acceptors (Lipinski definition) is 3. The highest BCUT2D eigenvalue weighted by Gasteiger charge is 2.37. The second-order valence-electron chi connectivity index (χ2n) is 5.36. The Labute approximate surface area is 115 Å². The van der Waals surface area contributed by atoms with Crippen LogP contribution >= 0.6 is 0 Å². The van der Waals surface area contributed by atoms with E-state index in [0.29, 0.717) is 25.9 Å². The molecule has 0 bridgehead atoms. The topological polar surface area (TPSA) is 66.5 Å². The highest BCUT2D eigenvalue weighted by atomic mass is 32.2. The van der Waals surface area contributed by atoms with E-state index in [4.69, 9.17) is 6.42 Å². The van der Waals surface area contributed by atoms with Crippen molar-refractivity contribution in [1.29, 1.82) is 0 Å². The predicted octanol–water partition coefficient (Wildman–Crippen LogP) is 1.01. The fourth-order valence-electron chi connectivity index (χ4n) is 1.88. The van der Waals surface area contributed by atoms with Gasteiger partial charge in [0.05, 0.1) is 10.5 Å². The molecular formula is C13H22N2O3S. The molecule has 1 aliphatic heterocycles. The fraction of sp³-hybridized carbons (Fsp3) is 0.769. The third-order valence-electron chi connectivity index (χ3n) is 3.52. The van der Waals surface area contributed by atoms with Crippen molar-refractivity contribution in [1.82, 2.24) is 10.2 Å². The Morgan fingerprint density at radius 2 is 2.11 bits per heavy atom. The summed E-state index contributed by atoms with van der Waals surface area (Å²) in [4.78, 5) is 13.5. The fourth-order valence-corrected chi connectivity index (χ4v) is 3.29. The number of carbonyl (C=O) groups is 1. The summed E-state index contributed by atoms with van der Waals surface area (Å²) in [5.41, 5.74) is 0. The third kappa shape index (κ3) is 4.13. The minimum Gasteiger partial charge on any atom is -0.338 e. The maximum absolute atomic E-state index is 12.0. The Hall–Kier alpha value is -1.22. The van der Waals surface area contributed by atoms with Crippen molar-refractivity contribution < 1.29 is 13.2 Å². The highest BCUT2D eigenvalue weighted by molar-refractivity contribution is 7.92. The largest absolute Gasteiger partial charge is 0.338 e. The number of urea groups is 1. The molecule has 0 atom stereocenters. The van der Waals surface area contributed by atoms with E-state index in [2.05, 4.69) is 11.2 Å². The number of unbranched alkanes of at least 4 members (excludes halogenated alkanes) is 1. The summed E-state index contributed by atoms with van der Waals surface area (Å²) in [6.45, 7) is 4.68. The Kier molecular flexibility index (Phi) is 5.24. The van der Waals surface area contributed by atoms with Crippen LogP contribution in [0.1, 0.15) is 33.1 Å². The molecule has 108 valence electrons. The van der Waals surface area contributed by atoms with Gasteiger partial charge in [-0.15, -0.1) is 12.3 Å². The molecule has 0 saturated carbocycles. The van der Waals surface area contributed by atoms with E-state index in [1.54, 1.807) is 18.7 Å². The number of carbonyl (C=O) groups excluding carboxylic acids is 1. The summed E-state index contributed by atoms with van der Waals surface area (Å²) in [6, 6.07) is -0.204. The van der Waals surface area contributed by atoms with Gasteiger partial charge in [-0.1, -0.05) is 0 Å². The molecule has 0 unspecified atom stereocenters. The summed E-state index contributed by atoms with van der Waals surface area (Å²) < 4.78 is 23.3. The second kappa shape index (κ2) is 6.29. The first-order chi connectivity index (χ1) is 8.80. The summed E-state index contributed by atoms with van der Waals surface area (Å²) in [5, 5.41) is 2.77. The lowest BCUT2D eigenvalue weighted by atomic mass is 10.1. The molecular weight excluding hydrogens is 264 g/mol. The van der Waals surface area contributed by atoms with Crippen LogP contribution in [0.3, 0.4) is 0 Å². The van der Waals surface area contributed by atoms with Gasteiger partial charge >= 0.3 is 6.03 Å². The van der Waals surface area contributed by atoms with Crippen molar-refractivity contribution in [3.63, 3.8) is 0 Å². The highest BCUT2D eigenvalue weighted by Crippen LogP contribution is 2.25. The normalized spacial score (nSPS) is 21.2. The Morgan fingerprint density at radius 3 is 2.74 bits per heavy atom. The van der Waals surface area contributed by atoms with Gasteiger partial charge in [0, 0.05) is 26.1 Å². The van der Waals surface area contributed by atoms with Gasteiger partial charge in [-0.2, -0.15) is 0 Å². The maximum Gasteiger partial charge on any atom is 0.317 e. The van der Waals surface area contributed by atoms with E-state index in [9.17, 15) is 13.2 Å². The zero-order chi connectivity index (χ0) is 14.5. The summed E-state index contributed by atoms with van der Waals surface area (Å²) in [5.74, 6) is 2.53. The lowest BCUT2D eigenvalue weighted by Gasteiger charge is -2.22. The minimum absolute atomic E-state index is 0.0256. The quantitative estimate of drug-likeness (QED) is 0.622. The summed E-state index contributed by atoms with van der Waals surface area (Å²) in [6.07, 6.45) is 6.96. The van der Waals surface area contributed by atoms with Crippen molar-refractivity contribution >= 4 is 15.9 Å². The van der Waals surface area contributed by atoms with Gasteiger partial charge in [0.15, 0.2) is 9.84 Å². The predicted molar refractivity (Wildman–Crippen MR) is 75.5 cm³/mol. The number of nitrogens with zero attached hydrogens (tertiary/aromatic N) is 1. The zero-order valence-corrected chi connectivity index (χ0v) is 12.4. The molecule has 1 rings (SSSR count). The van der Waals surface area contributed by atoms with Gasteiger partial charge in [-0.05, 0) is 26.7 Å². The van der Waals surface area contributed by atoms with Crippen LogP contribution in [0.2, 0.25) is 0 Å². The lowest BCUT2D eigenvalue weighted by molar-refractivity contribution is 0.200. The zero-order valence-electron chi connectivity index (χ0n) is 11.6. The van der Waals surface area contributed by atoms with Crippen LogP contribution in [-0.4, -0.2) is 49.5 Å². The van der Waals surface area contributed by atoms with Gasteiger partial charge in [0.2, 0.25) is 0 Å². The van der Waals surface area contributed by atoms with Crippen LogP contribution in [0.5, 0.6) is 0 Å². The molecule has 0 aromatic heterocycles. The SMILES string of the molecule is C#CCCCNC(=O)N1CCC(C)(C)S(=O)(=O)CC1. The van der Waals surface area contributed by atoms with E-state index in [-0.39, 0.29) is 18.3 Å². The van der Waals surface area contributed by atoms with Gasteiger partial charge in [-0.3, -0.25) is 0 Å². The lowest BCUT2D eigenvalue weighted by Crippen LogP contribution is -2.41.